The van der Waals surface area contributed by atoms with E-state index >= 15 is 0 Å². The maximum absolute atomic E-state index is 13.3. The molecule has 1 aromatic carbocycles. The quantitative estimate of drug-likeness (QED) is 0.694. The molecule has 1 fully saturated rings. The Balaban J connectivity index is 2.03. The summed E-state index contributed by atoms with van der Waals surface area (Å²) in [5.74, 6) is -2.28. The van der Waals surface area contributed by atoms with Gasteiger partial charge in [0.2, 0.25) is 5.92 Å². The van der Waals surface area contributed by atoms with Gasteiger partial charge in [0.25, 0.3) is 0 Å². The highest BCUT2D eigenvalue weighted by Gasteiger charge is 2.36. The normalized spacial score (nSPS) is 19.7. The van der Waals surface area contributed by atoms with E-state index in [0.29, 0.717) is 12.8 Å². The Labute approximate surface area is 119 Å². The van der Waals surface area contributed by atoms with Crippen LogP contribution in [0, 0.1) is 0 Å². The first-order chi connectivity index (χ1) is 9.07. The summed E-state index contributed by atoms with van der Waals surface area (Å²) in [5.41, 5.74) is 2.07. The molecule has 4 heteroatoms. The van der Waals surface area contributed by atoms with Crippen molar-refractivity contribution in [2.45, 2.75) is 37.5 Å². The topological polar surface area (TPSA) is 12.9 Å². The van der Waals surface area contributed by atoms with Crippen LogP contribution in [0.5, 0.6) is 0 Å². The monoisotopic (exact) mass is 325 g/mol. The summed E-state index contributed by atoms with van der Waals surface area (Å²) in [6.45, 7) is 0. The van der Waals surface area contributed by atoms with Crippen LogP contribution in [0.1, 0.15) is 37.2 Å². The van der Waals surface area contributed by atoms with Crippen molar-refractivity contribution < 1.29 is 8.78 Å². The number of pyridine rings is 1. The number of nitrogens with zero attached hydrogens (tertiary/aromatic N) is 1. The minimum Gasteiger partial charge on any atom is -0.255 e. The molecule has 1 heterocycles. The molecule has 0 bridgehead atoms. The van der Waals surface area contributed by atoms with Gasteiger partial charge in [-0.2, -0.15) is 0 Å². The van der Waals surface area contributed by atoms with Crippen LogP contribution in [0.25, 0.3) is 10.9 Å². The van der Waals surface area contributed by atoms with Crippen LogP contribution in [0.4, 0.5) is 8.78 Å². The first-order valence-electron chi connectivity index (χ1n) is 6.48. The second-order valence-electron chi connectivity index (χ2n) is 5.17. The van der Waals surface area contributed by atoms with Gasteiger partial charge in [0.1, 0.15) is 0 Å². The third kappa shape index (κ3) is 2.50. The van der Waals surface area contributed by atoms with Gasteiger partial charge in [0, 0.05) is 28.9 Å². The van der Waals surface area contributed by atoms with Crippen LogP contribution >= 0.6 is 15.9 Å². The summed E-state index contributed by atoms with van der Waals surface area (Å²) in [4.78, 5) is 4.37. The number of rotatable bonds is 1. The van der Waals surface area contributed by atoms with Crippen LogP contribution < -0.4 is 0 Å². The van der Waals surface area contributed by atoms with E-state index in [9.17, 15) is 8.78 Å². The Morgan fingerprint density at radius 1 is 1.16 bits per heavy atom. The molecule has 0 aliphatic heterocycles. The second kappa shape index (κ2) is 4.82. The van der Waals surface area contributed by atoms with Crippen LogP contribution in [0.15, 0.2) is 34.9 Å². The zero-order chi connectivity index (χ0) is 13.5. The number of fused-ring (bicyclic) bond motifs is 1. The van der Waals surface area contributed by atoms with E-state index in [0.717, 1.165) is 20.9 Å². The van der Waals surface area contributed by atoms with Gasteiger partial charge < -0.3 is 0 Å². The van der Waals surface area contributed by atoms with E-state index in [2.05, 4.69) is 20.9 Å². The number of benzene rings is 1. The van der Waals surface area contributed by atoms with Gasteiger partial charge in [-0.25, -0.2) is 8.78 Å². The van der Waals surface area contributed by atoms with Gasteiger partial charge in [-0.3, -0.25) is 4.98 Å². The summed E-state index contributed by atoms with van der Waals surface area (Å²) in [6.07, 6.45) is 2.84. The molecular weight excluding hydrogens is 312 g/mol. The average Bonchev–Trinajstić information content (AvgIpc) is 2.40. The maximum atomic E-state index is 13.3. The molecule has 100 valence electrons. The van der Waals surface area contributed by atoms with E-state index < -0.39 is 5.92 Å². The van der Waals surface area contributed by atoms with Gasteiger partial charge in [-0.05, 0) is 46.3 Å². The molecular formula is C15H14BrF2N. The van der Waals surface area contributed by atoms with E-state index in [1.54, 1.807) is 6.20 Å². The number of alkyl halides is 2. The fraction of sp³-hybridized carbons (Fsp3) is 0.400. The molecule has 1 aliphatic carbocycles. The summed E-state index contributed by atoms with van der Waals surface area (Å²) >= 11 is 3.53. The lowest BCUT2D eigenvalue weighted by Crippen LogP contribution is -2.23. The summed E-state index contributed by atoms with van der Waals surface area (Å²) in [7, 11) is 0. The summed E-state index contributed by atoms with van der Waals surface area (Å²) in [6, 6.07) is 7.90. The lowest BCUT2D eigenvalue weighted by Gasteiger charge is -2.29. The Hall–Kier alpha value is -1.03. The van der Waals surface area contributed by atoms with Crippen molar-refractivity contribution in [2.75, 3.05) is 0 Å². The molecule has 1 aromatic heterocycles. The van der Waals surface area contributed by atoms with Gasteiger partial charge in [-0.15, -0.1) is 0 Å². The van der Waals surface area contributed by atoms with Crippen LogP contribution in [-0.4, -0.2) is 10.9 Å². The highest BCUT2D eigenvalue weighted by molar-refractivity contribution is 9.10. The molecule has 2 aromatic rings. The highest BCUT2D eigenvalue weighted by atomic mass is 79.9. The Bertz CT molecular complexity index is 602. The third-order valence-electron chi connectivity index (χ3n) is 3.89. The number of aromatic nitrogens is 1. The minimum atomic E-state index is -2.48. The largest absolute Gasteiger partial charge is 0.255 e. The minimum absolute atomic E-state index is 0.0131. The van der Waals surface area contributed by atoms with Crippen molar-refractivity contribution in [1.29, 1.82) is 0 Å². The molecule has 0 unspecified atom stereocenters. The molecule has 0 atom stereocenters. The van der Waals surface area contributed by atoms with Gasteiger partial charge in [0.15, 0.2) is 0 Å². The Morgan fingerprint density at radius 3 is 2.58 bits per heavy atom. The van der Waals surface area contributed by atoms with Crippen LogP contribution in [0.2, 0.25) is 0 Å². The molecule has 0 saturated heterocycles. The zero-order valence-corrected chi connectivity index (χ0v) is 12.0. The predicted octanol–water partition coefficient (Wildman–Crippen LogP) is 5.29. The average molecular weight is 326 g/mol. The molecule has 3 rings (SSSR count). The smallest absolute Gasteiger partial charge is 0.248 e. The van der Waals surface area contributed by atoms with Crippen molar-refractivity contribution in [3.05, 3.63) is 40.5 Å². The molecule has 0 radical (unpaired) electrons. The second-order valence-corrected chi connectivity index (χ2v) is 6.02. The maximum Gasteiger partial charge on any atom is 0.248 e. The molecule has 0 N–H and O–H groups in total. The van der Waals surface area contributed by atoms with Gasteiger partial charge in [0.05, 0.1) is 5.52 Å². The lowest BCUT2D eigenvalue weighted by molar-refractivity contribution is -0.0381. The lowest BCUT2D eigenvalue weighted by atomic mass is 9.81. The summed E-state index contributed by atoms with van der Waals surface area (Å²) < 4.78 is 27.5. The fourth-order valence-corrected chi connectivity index (χ4v) is 3.52. The molecule has 1 saturated carbocycles. The SMILES string of the molecule is FC1(F)CCC(c2c(Br)cnc3ccccc23)CC1. The van der Waals surface area contributed by atoms with Crippen molar-refractivity contribution in [2.24, 2.45) is 0 Å². The van der Waals surface area contributed by atoms with Crippen molar-refractivity contribution >= 4 is 26.8 Å². The van der Waals surface area contributed by atoms with Gasteiger partial charge >= 0.3 is 0 Å². The summed E-state index contributed by atoms with van der Waals surface area (Å²) in [5, 5.41) is 1.08. The van der Waals surface area contributed by atoms with Crippen LogP contribution in [0.3, 0.4) is 0 Å². The van der Waals surface area contributed by atoms with Crippen molar-refractivity contribution in [1.82, 2.24) is 4.98 Å². The standard InChI is InChI=1S/C15H14BrF2N/c16-12-9-19-13-4-2-1-3-11(13)14(12)10-5-7-15(17,18)8-6-10/h1-4,9-10H,5-8H2. The molecule has 1 aliphatic rings. The van der Waals surface area contributed by atoms with Crippen molar-refractivity contribution in [3.8, 4) is 0 Å². The van der Waals surface area contributed by atoms with E-state index in [4.69, 9.17) is 0 Å². The molecule has 1 nitrogen and oxygen atoms in total. The fourth-order valence-electron chi connectivity index (χ4n) is 2.88. The van der Waals surface area contributed by atoms with E-state index in [1.807, 2.05) is 24.3 Å². The van der Waals surface area contributed by atoms with E-state index in [-0.39, 0.29) is 18.8 Å². The number of para-hydroxylation sites is 1. The highest BCUT2D eigenvalue weighted by Crippen LogP contribution is 2.44. The van der Waals surface area contributed by atoms with Crippen LogP contribution in [-0.2, 0) is 0 Å². The number of hydrogen-bond acceptors (Lipinski definition) is 1. The third-order valence-corrected chi connectivity index (χ3v) is 4.53. The Morgan fingerprint density at radius 2 is 1.84 bits per heavy atom. The first kappa shape index (κ1) is 13.0. The van der Waals surface area contributed by atoms with Gasteiger partial charge in [-0.1, -0.05) is 18.2 Å². The molecule has 0 amide bonds. The molecule has 19 heavy (non-hydrogen) atoms. The predicted molar refractivity (Wildman–Crippen MR) is 75.6 cm³/mol. The number of hydrogen-bond donors (Lipinski definition) is 0. The van der Waals surface area contributed by atoms with Crippen molar-refractivity contribution in [3.63, 3.8) is 0 Å². The number of halogens is 3. The molecule has 0 spiro atoms. The first-order valence-corrected chi connectivity index (χ1v) is 7.27. The van der Waals surface area contributed by atoms with E-state index in [1.165, 1.54) is 0 Å². The Kier molecular flexibility index (Phi) is 3.29. The zero-order valence-electron chi connectivity index (χ0n) is 10.4.